The molecule has 0 saturated carbocycles. The van der Waals surface area contributed by atoms with E-state index in [4.69, 9.17) is 5.11 Å². The lowest BCUT2D eigenvalue weighted by molar-refractivity contribution is -0.141. The normalized spacial score (nSPS) is 14.1. The Balaban J connectivity index is 3.75. The summed E-state index contributed by atoms with van der Waals surface area (Å²) in [6.07, 6.45) is 1.76. The van der Waals surface area contributed by atoms with Crippen LogP contribution in [0.1, 0.15) is 20.3 Å². The molecule has 0 aliphatic rings. The van der Waals surface area contributed by atoms with Crippen LogP contribution in [-0.4, -0.2) is 23.5 Å². The summed E-state index contributed by atoms with van der Waals surface area (Å²) in [4.78, 5) is 21.3. The smallest absolute Gasteiger partial charge is 0.306 e. The molecular formula is C10H17NO3. The third-order valence-corrected chi connectivity index (χ3v) is 1.99. The molecule has 0 radical (unpaired) electrons. The molecule has 2 unspecified atom stereocenters. The number of carboxylic acid groups (broad SMARTS) is 1. The van der Waals surface area contributed by atoms with Crippen molar-refractivity contribution in [2.45, 2.75) is 20.3 Å². The third kappa shape index (κ3) is 5.35. The molecule has 0 heterocycles. The van der Waals surface area contributed by atoms with Gasteiger partial charge in [-0.15, -0.1) is 0 Å². The Kier molecular flexibility index (Phi) is 5.60. The van der Waals surface area contributed by atoms with Crippen molar-refractivity contribution in [3.8, 4) is 0 Å². The van der Waals surface area contributed by atoms with Gasteiger partial charge in [-0.2, -0.15) is 0 Å². The third-order valence-electron chi connectivity index (χ3n) is 1.99. The zero-order chi connectivity index (χ0) is 11.1. The molecule has 0 aromatic rings. The summed E-state index contributed by atoms with van der Waals surface area (Å²) in [7, 11) is 0. The van der Waals surface area contributed by atoms with E-state index in [0.717, 1.165) is 0 Å². The van der Waals surface area contributed by atoms with Gasteiger partial charge >= 0.3 is 5.97 Å². The van der Waals surface area contributed by atoms with Crippen LogP contribution in [0.25, 0.3) is 0 Å². The molecule has 0 saturated heterocycles. The Labute approximate surface area is 84.0 Å². The van der Waals surface area contributed by atoms with E-state index in [9.17, 15) is 9.59 Å². The van der Waals surface area contributed by atoms with Crippen LogP contribution in [-0.2, 0) is 9.59 Å². The maximum Gasteiger partial charge on any atom is 0.306 e. The Morgan fingerprint density at radius 2 is 2.07 bits per heavy atom. The van der Waals surface area contributed by atoms with Crippen LogP contribution < -0.4 is 5.32 Å². The summed E-state index contributed by atoms with van der Waals surface area (Å²) in [6, 6.07) is 0. The zero-order valence-corrected chi connectivity index (χ0v) is 8.62. The summed E-state index contributed by atoms with van der Waals surface area (Å²) in [5, 5.41) is 11.3. The molecule has 1 amide bonds. The van der Waals surface area contributed by atoms with Crippen LogP contribution in [0.3, 0.4) is 0 Å². The molecular weight excluding hydrogens is 182 g/mol. The molecule has 4 nitrogen and oxygen atoms in total. The molecule has 0 aliphatic carbocycles. The highest BCUT2D eigenvalue weighted by Crippen LogP contribution is 2.10. The summed E-state index contributed by atoms with van der Waals surface area (Å²) in [5.74, 6) is -1.23. The fraction of sp³-hybridized carbons (Fsp3) is 0.600. The lowest BCUT2D eigenvalue weighted by Crippen LogP contribution is -2.28. The van der Waals surface area contributed by atoms with Crippen molar-refractivity contribution in [3.05, 3.63) is 12.7 Å². The van der Waals surface area contributed by atoms with E-state index in [1.165, 1.54) is 6.08 Å². The van der Waals surface area contributed by atoms with Gasteiger partial charge < -0.3 is 10.4 Å². The fourth-order valence-electron chi connectivity index (χ4n) is 1.13. The van der Waals surface area contributed by atoms with E-state index in [1.807, 2.05) is 6.92 Å². The van der Waals surface area contributed by atoms with Crippen molar-refractivity contribution in [2.24, 2.45) is 11.8 Å². The van der Waals surface area contributed by atoms with Crippen LogP contribution in [0.15, 0.2) is 12.7 Å². The van der Waals surface area contributed by atoms with Gasteiger partial charge in [0.1, 0.15) is 0 Å². The van der Waals surface area contributed by atoms with Crippen molar-refractivity contribution in [2.75, 3.05) is 6.54 Å². The standard InChI is InChI=1S/C10H17NO3/c1-4-9(12)11-6-7(2)5-8(3)10(13)14/h4,7-8H,1,5-6H2,2-3H3,(H,11,12)(H,13,14). The largest absolute Gasteiger partial charge is 0.481 e. The molecule has 4 heteroatoms. The van der Waals surface area contributed by atoms with Crippen LogP contribution >= 0.6 is 0 Å². The monoisotopic (exact) mass is 199 g/mol. The van der Waals surface area contributed by atoms with E-state index in [1.54, 1.807) is 6.92 Å². The second kappa shape index (κ2) is 6.18. The van der Waals surface area contributed by atoms with Gasteiger partial charge in [-0.1, -0.05) is 20.4 Å². The first-order valence-corrected chi connectivity index (χ1v) is 4.60. The number of carbonyl (C=O) groups is 2. The van der Waals surface area contributed by atoms with Crippen LogP contribution in [0.4, 0.5) is 0 Å². The number of hydrogen-bond donors (Lipinski definition) is 2. The second-order valence-electron chi connectivity index (χ2n) is 3.53. The second-order valence-corrected chi connectivity index (χ2v) is 3.53. The van der Waals surface area contributed by atoms with Crippen LogP contribution in [0.2, 0.25) is 0 Å². The fourth-order valence-corrected chi connectivity index (χ4v) is 1.13. The Hall–Kier alpha value is -1.32. The van der Waals surface area contributed by atoms with E-state index in [2.05, 4.69) is 11.9 Å². The highest BCUT2D eigenvalue weighted by atomic mass is 16.4. The van der Waals surface area contributed by atoms with E-state index >= 15 is 0 Å². The number of nitrogens with one attached hydrogen (secondary N) is 1. The maximum absolute atomic E-state index is 10.8. The molecule has 0 fully saturated rings. The summed E-state index contributed by atoms with van der Waals surface area (Å²) >= 11 is 0. The minimum atomic E-state index is -0.799. The molecule has 0 spiro atoms. The minimum Gasteiger partial charge on any atom is -0.481 e. The highest BCUT2D eigenvalue weighted by Gasteiger charge is 2.14. The first-order chi connectivity index (χ1) is 6.47. The number of aliphatic carboxylic acids is 1. The Bertz CT molecular complexity index is 225. The Morgan fingerprint density at radius 3 is 2.50 bits per heavy atom. The first-order valence-electron chi connectivity index (χ1n) is 4.60. The average Bonchev–Trinajstić information content (AvgIpc) is 2.13. The zero-order valence-electron chi connectivity index (χ0n) is 8.62. The van der Waals surface area contributed by atoms with E-state index in [0.29, 0.717) is 13.0 Å². The predicted octanol–water partition coefficient (Wildman–Crippen LogP) is 1.04. The van der Waals surface area contributed by atoms with Crippen LogP contribution in [0.5, 0.6) is 0 Å². The topological polar surface area (TPSA) is 66.4 Å². The van der Waals surface area contributed by atoms with E-state index in [-0.39, 0.29) is 17.7 Å². The van der Waals surface area contributed by atoms with Crippen molar-refractivity contribution < 1.29 is 14.7 Å². The predicted molar refractivity (Wildman–Crippen MR) is 53.8 cm³/mol. The number of hydrogen-bond acceptors (Lipinski definition) is 2. The van der Waals surface area contributed by atoms with Gasteiger partial charge in [0.25, 0.3) is 0 Å². The molecule has 80 valence electrons. The highest BCUT2D eigenvalue weighted by molar-refractivity contribution is 5.86. The van der Waals surface area contributed by atoms with Crippen molar-refractivity contribution in [3.63, 3.8) is 0 Å². The molecule has 0 aliphatic heterocycles. The maximum atomic E-state index is 10.8. The minimum absolute atomic E-state index is 0.157. The summed E-state index contributed by atoms with van der Waals surface area (Å²) in [6.45, 7) is 7.38. The lowest BCUT2D eigenvalue weighted by Gasteiger charge is -2.14. The first kappa shape index (κ1) is 12.7. The van der Waals surface area contributed by atoms with E-state index < -0.39 is 5.97 Å². The molecule has 0 aromatic heterocycles. The quantitative estimate of drug-likeness (QED) is 0.628. The van der Waals surface area contributed by atoms with Crippen molar-refractivity contribution in [1.29, 1.82) is 0 Å². The molecule has 2 atom stereocenters. The molecule has 14 heavy (non-hydrogen) atoms. The number of carbonyl (C=O) groups excluding carboxylic acids is 1. The van der Waals surface area contributed by atoms with Gasteiger partial charge in [-0.25, -0.2) is 0 Å². The van der Waals surface area contributed by atoms with Gasteiger partial charge in [0.15, 0.2) is 0 Å². The Morgan fingerprint density at radius 1 is 1.50 bits per heavy atom. The number of amides is 1. The number of rotatable bonds is 6. The van der Waals surface area contributed by atoms with Gasteiger partial charge in [-0.3, -0.25) is 9.59 Å². The lowest BCUT2D eigenvalue weighted by atomic mass is 9.97. The molecule has 0 aromatic carbocycles. The van der Waals surface area contributed by atoms with Gasteiger partial charge in [0.2, 0.25) is 5.91 Å². The van der Waals surface area contributed by atoms with Crippen molar-refractivity contribution in [1.82, 2.24) is 5.32 Å². The SMILES string of the molecule is C=CC(=O)NCC(C)CC(C)C(=O)O. The molecule has 2 N–H and O–H groups in total. The summed E-state index contributed by atoms with van der Waals surface area (Å²) in [5.41, 5.74) is 0. The van der Waals surface area contributed by atoms with Gasteiger partial charge in [0, 0.05) is 6.54 Å². The average molecular weight is 199 g/mol. The molecule has 0 rings (SSSR count). The van der Waals surface area contributed by atoms with Crippen molar-refractivity contribution >= 4 is 11.9 Å². The number of carboxylic acids is 1. The summed E-state index contributed by atoms with van der Waals surface area (Å²) < 4.78 is 0. The molecule has 0 bridgehead atoms. The van der Waals surface area contributed by atoms with Gasteiger partial charge in [-0.05, 0) is 18.4 Å². The van der Waals surface area contributed by atoms with Crippen LogP contribution in [0, 0.1) is 11.8 Å². The van der Waals surface area contributed by atoms with Gasteiger partial charge in [0.05, 0.1) is 5.92 Å².